The molecule has 0 aliphatic heterocycles. The molecule has 1 atom stereocenters. The van der Waals surface area contributed by atoms with Crippen LogP contribution in [0.4, 0.5) is 0 Å². The molecule has 1 aromatic carbocycles. The molecular weight excluding hydrogens is 294 g/mol. The number of nitrogens with zero attached hydrogens (tertiary/aromatic N) is 1. The number of rotatable bonds is 9. The molecule has 0 spiro atoms. The van der Waals surface area contributed by atoms with Gasteiger partial charge in [0.1, 0.15) is 17.6 Å². The first-order valence-electron chi connectivity index (χ1n) is 8.02. The molecule has 1 heterocycles. The zero-order valence-corrected chi connectivity index (χ0v) is 13.6. The summed E-state index contributed by atoms with van der Waals surface area (Å²) < 4.78 is 10.7. The molecule has 124 valence electrons. The lowest BCUT2D eigenvalue weighted by atomic mass is 10.0. The molecule has 1 unspecified atom stereocenters. The van der Waals surface area contributed by atoms with E-state index < -0.39 is 0 Å². The Hall–Kier alpha value is -2.30. The third kappa shape index (κ3) is 4.34. The predicted molar refractivity (Wildman–Crippen MR) is 88.7 cm³/mol. The van der Waals surface area contributed by atoms with E-state index in [2.05, 4.69) is 11.9 Å². The lowest BCUT2D eigenvalue weighted by Gasteiger charge is -2.15. The van der Waals surface area contributed by atoms with Crippen LogP contribution in [0.2, 0.25) is 0 Å². The molecule has 0 aliphatic carbocycles. The van der Waals surface area contributed by atoms with Crippen molar-refractivity contribution in [3.05, 3.63) is 30.1 Å². The van der Waals surface area contributed by atoms with Crippen LogP contribution < -0.4 is 4.74 Å². The minimum Gasteiger partial charge on any atom is -0.506 e. The molecule has 0 saturated carbocycles. The smallest absolute Gasteiger partial charge is 0.293 e. The number of aromatic nitrogens is 1. The van der Waals surface area contributed by atoms with Gasteiger partial charge >= 0.3 is 0 Å². The minimum atomic E-state index is -0.215. The Bertz CT molecular complexity index is 657. The van der Waals surface area contributed by atoms with Crippen molar-refractivity contribution in [1.29, 1.82) is 0 Å². The van der Waals surface area contributed by atoms with E-state index in [9.17, 15) is 9.90 Å². The van der Waals surface area contributed by atoms with E-state index in [1.807, 2.05) is 25.1 Å². The van der Waals surface area contributed by atoms with Gasteiger partial charge in [0.15, 0.2) is 0 Å². The van der Waals surface area contributed by atoms with E-state index in [1.54, 1.807) is 0 Å². The molecule has 0 amide bonds. The highest BCUT2D eigenvalue weighted by Gasteiger charge is 2.14. The number of unbranched alkanes of at least 4 members (excludes halogenated alkanes) is 1. The summed E-state index contributed by atoms with van der Waals surface area (Å²) in [6.07, 6.45) is 4.51. The normalized spacial score (nSPS) is 12.1. The fourth-order valence-electron chi connectivity index (χ4n) is 2.43. The standard InChI is InChI=1S/C18H23NO4/c1-3-5-8-22-14-6-7-15-16(9-14)18(21)11-19-17(15)10-13(4-2)23-12-20/h6-7,9,11-13,21H,3-5,8,10H2,1-2H3. The molecule has 1 N–H and O–H groups in total. The molecule has 0 bridgehead atoms. The highest BCUT2D eigenvalue weighted by atomic mass is 16.5. The topological polar surface area (TPSA) is 68.7 Å². The van der Waals surface area contributed by atoms with Crippen LogP contribution in [0.1, 0.15) is 38.8 Å². The number of aromatic hydroxyl groups is 1. The largest absolute Gasteiger partial charge is 0.506 e. The Morgan fingerprint density at radius 3 is 2.83 bits per heavy atom. The van der Waals surface area contributed by atoms with Gasteiger partial charge in [-0.1, -0.05) is 20.3 Å². The molecule has 23 heavy (non-hydrogen) atoms. The second-order valence-corrected chi connectivity index (χ2v) is 5.47. The number of hydrogen-bond donors (Lipinski definition) is 1. The van der Waals surface area contributed by atoms with Crippen LogP contribution in [0.3, 0.4) is 0 Å². The number of hydrogen-bond acceptors (Lipinski definition) is 5. The second kappa shape index (κ2) is 8.36. The van der Waals surface area contributed by atoms with Gasteiger partial charge in [-0.3, -0.25) is 9.78 Å². The summed E-state index contributed by atoms with van der Waals surface area (Å²) in [5, 5.41) is 11.6. The zero-order chi connectivity index (χ0) is 16.7. The summed E-state index contributed by atoms with van der Waals surface area (Å²) in [4.78, 5) is 14.8. The zero-order valence-electron chi connectivity index (χ0n) is 13.6. The van der Waals surface area contributed by atoms with E-state index in [4.69, 9.17) is 9.47 Å². The summed E-state index contributed by atoms with van der Waals surface area (Å²) in [7, 11) is 0. The third-order valence-electron chi connectivity index (χ3n) is 3.81. The number of carbonyl (C=O) groups excluding carboxylic acids is 1. The van der Waals surface area contributed by atoms with E-state index in [0.717, 1.165) is 29.7 Å². The van der Waals surface area contributed by atoms with E-state index in [-0.39, 0.29) is 11.9 Å². The Kier molecular flexibility index (Phi) is 6.20. The first-order chi connectivity index (χ1) is 11.2. The number of pyridine rings is 1. The average molecular weight is 317 g/mol. The minimum absolute atomic E-state index is 0.119. The van der Waals surface area contributed by atoms with E-state index in [0.29, 0.717) is 31.3 Å². The molecule has 5 nitrogen and oxygen atoms in total. The van der Waals surface area contributed by atoms with Gasteiger partial charge in [0.05, 0.1) is 18.5 Å². The van der Waals surface area contributed by atoms with Crippen LogP contribution >= 0.6 is 0 Å². The molecule has 5 heteroatoms. The van der Waals surface area contributed by atoms with Crippen LogP contribution in [0, 0.1) is 0 Å². The third-order valence-corrected chi connectivity index (χ3v) is 3.81. The lowest BCUT2D eigenvalue weighted by molar-refractivity contribution is -0.133. The van der Waals surface area contributed by atoms with Gasteiger partial charge in [-0.25, -0.2) is 0 Å². The van der Waals surface area contributed by atoms with Crippen molar-refractivity contribution in [3.63, 3.8) is 0 Å². The van der Waals surface area contributed by atoms with E-state index in [1.165, 1.54) is 6.20 Å². The van der Waals surface area contributed by atoms with Gasteiger partial charge in [0.2, 0.25) is 0 Å². The molecule has 0 radical (unpaired) electrons. The number of fused-ring (bicyclic) bond motifs is 1. The highest BCUT2D eigenvalue weighted by molar-refractivity contribution is 5.90. The van der Waals surface area contributed by atoms with Gasteiger partial charge in [-0.05, 0) is 31.0 Å². The predicted octanol–water partition coefficient (Wildman–Crippen LogP) is 3.61. The molecule has 0 fully saturated rings. The van der Waals surface area contributed by atoms with Crippen molar-refractivity contribution in [2.75, 3.05) is 6.61 Å². The van der Waals surface area contributed by atoms with E-state index >= 15 is 0 Å². The summed E-state index contributed by atoms with van der Waals surface area (Å²) in [6, 6.07) is 5.60. The molecule has 2 rings (SSSR count). The van der Waals surface area contributed by atoms with Crippen LogP contribution in [0.15, 0.2) is 24.4 Å². The SMILES string of the molecule is CCCCOc1ccc2c(CC(CC)OC=O)ncc(O)c2c1. The molecule has 2 aromatic rings. The maximum Gasteiger partial charge on any atom is 0.293 e. The Morgan fingerprint density at radius 2 is 2.13 bits per heavy atom. The van der Waals surface area contributed by atoms with Crippen LogP contribution in [-0.4, -0.2) is 29.3 Å². The highest BCUT2D eigenvalue weighted by Crippen LogP contribution is 2.30. The fraction of sp³-hybridized carbons (Fsp3) is 0.444. The van der Waals surface area contributed by atoms with Gasteiger partial charge in [0.25, 0.3) is 6.47 Å². The Balaban J connectivity index is 2.29. The molecule has 0 aliphatic rings. The lowest BCUT2D eigenvalue weighted by Crippen LogP contribution is -2.15. The van der Waals surface area contributed by atoms with Crippen molar-refractivity contribution >= 4 is 17.2 Å². The number of ether oxygens (including phenoxy) is 2. The van der Waals surface area contributed by atoms with Gasteiger partial charge in [-0.2, -0.15) is 0 Å². The van der Waals surface area contributed by atoms with Crippen molar-refractivity contribution < 1.29 is 19.4 Å². The Labute approximate surface area is 136 Å². The number of carbonyl (C=O) groups is 1. The molecular formula is C18H23NO4. The van der Waals surface area contributed by atoms with Gasteiger partial charge in [0, 0.05) is 17.2 Å². The summed E-state index contributed by atoms with van der Waals surface area (Å²) in [5.41, 5.74) is 0.798. The van der Waals surface area contributed by atoms with Crippen molar-refractivity contribution in [2.45, 2.75) is 45.6 Å². The first kappa shape index (κ1) is 17.1. The van der Waals surface area contributed by atoms with Crippen LogP contribution in [0.5, 0.6) is 11.5 Å². The number of benzene rings is 1. The second-order valence-electron chi connectivity index (χ2n) is 5.47. The van der Waals surface area contributed by atoms with Crippen LogP contribution in [-0.2, 0) is 16.0 Å². The van der Waals surface area contributed by atoms with Gasteiger partial charge < -0.3 is 14.6 Å². The summed E-state index contributed by atoms with van der Waals surface area (Å²) in [6.45, 7) is 5.19. The van der Waals surface area contributed by atoms with Crippen molar-refractivity contribution in [1.82, 2.24) is 4.98 Å². The monoisotopic (exact) mass is 317 g/mol. The summed E-state index contributed by atoms with van der Waals surface area (Å²) >= 11 is 0. The summed E-state index contributed by atoms with van der Waals surface area (Å²) in [5.74, 6) is 0.851. The maximum absolute atomic E-state index is 10.6. The Morgan fingerprint density at radius 1 is 1.30 bits per heavy atom. The molecule has 1 aromatic heterocycles. The average Bonchev–Trinajstić information content (AvgIpc) is 2.57. The van der Waals surface area contributed by atoms with Crippen molar-refractivity contribution in [2.24, 2.45) is 0 Å². The quantitative estimate of drug-likeness (QED) is 0.565. The molecule has 0 saturated heterocycles. The van der Waals surface area contributed by atoms with Gasteiger partial charge in [-0.15, -0.1) is 0 Å². The van der Waals surface area contributed by atoms with Crippen molar-refractivity contribution in [3.8, 4) is 11.5 Å². The maximum atomic E-state index is 10.6. The fourth-order valence-corrected chi connectivity index (χ4v) is 2.43. The van der Waals surface area contributed by atoms with Crippen LogP contribution in [0.25, 0.3) is 10.8 Å². The first-order valence-corrected chi connectivity index (χ1v) is 8.02.